The van der Waals surface area contributed by atoms with Gasteiger partial charge in [-0.3, -0.25) is 14.5 Å². The fraction of sp³-hybridized carbons (Fsp3) is 0.529. The minimum Gasteiger partial charge on any atom is -0.435 e. The number of ether oxygens (including phenoxy) is 1. The summed E-state index contributed by atoms with van der Waals surface area (Å²) in [6.07, 6.45) is 1.86. The molecule has 1 saturated heterocycles. The van der Waals surface area contributed by atoms with E-state index in [0.29, 0.717) is 13.1 Å². The predicted octanol–water partition coefficient (Wildman–Crippen LogP) is 1.50. The van der Waals surface area contributed by atoms with Crippen LogP contribution in [-0.2, 0) is 16.1 Å². The van der Waals surface area contributed by atoms with Gasteiger partial charge in [-0.05, 0) is 37.1 Å². The molecular weight excluding hydrogens is 332 g/mol. The maximum Gasteiger partial charge on any atom is 0.387 e. The second-order valence-electron chi connectivity index (χ2n) is 6.07. The third-order valence-electron chi connectivity index (χ3n) is 3.92. The number of hydrogen-bond donors (Lipinski definition) is 2. The van der Waals surface area contributed by atoms with Crippen LogP contribution >= 0.6 is 0 Å². The number of carbonyl (C=O) groups is 2. The van der Waals surface area contributed by atoms with Crippen LogP contribution in [0.4, 0.5) is 8.78 Å². The second kappa shape index (κ2) is 9.31. The van der Waals surface area contributed by atoms with E-state index in [-0.39, 0.29) is 30.2 Å². The van der Waals surface area contributed by atoms with Crippen LogP contribution < -0.4 is 15.4 Å². The van der Waals surface area contributed by atoms with E-state index in [2.05, 4.69) is 15.4 Å². The van der Waals surface area contributed by atoms with Crippen molar-refractivity contribution in [3.8, 4) is 5.75 Å². The molecule has 138 valence electrons. The third-order valence-corrected chi connectivity index (χ3v) is 3.92. The Hall–Kier alpha value is -2.22. The van der Waals surface area contributed by atoms with Gasteiger partial charge in [0.2, 0.25) is 11.8 Å². The quantitative estimate of drug-likeness (QED) is 0.778. The molecule has 25 heavy (non-hydrogen) atoms. The van der Waals surface area contributed by atoms with E-state index in [4.69, 9.17) is 0 Å². The van der Waals surface area contributed by atoms with Gasteiger partial charge in [-0.25, -0.2) is 0 Å². The number of nitrogens with zero attached hydrogens (tertiary/aromatic N) is 1. The van der Waals surface area contributed by atoms with Gasteiger partial charge >= 0.3 is 6.61 Å². The van der Waals surface area contributed by atoms with Gasteiger partial charge in [-0.1, -0.05) is 12.1 Å². The zero-order chi connectivity index (χ0) is 18.2. The number of benzene rings is 1. The van der Waals surface area contributed by atoms with Crippen molar-refractivity contribution in [2.24, 2.45) is 0 Å². The predicted molar refractivity (Wildman–Crippen MR) is 88.2 cm³/mol. The molecule has 1 atom stereocenters. The van der Waals surface area contributed by atoms with E-state index < -0.39 is 6.61 Å². The molecule has 0 aromatic heterocycles. The van der Waals surface area contributed by atoms with Crippen molar-refractivity contribution in [1.82, 2.24) is 15.5 Å². The molecule has 6 nitrogen and oxygen atoms in total. The summed E-state index contributed by atoms with van der Waals surface area (Å²) >= 11 is 0. The number of halogens is 2. The monoisotopic (exact) mass is 355 g/mol. The van der Waals surface area contributed by atoms with Crippen LogP contribution in [0.2, 0.25) is 0 Å². The van der Waals surface area contributed by atoms with Gasteiger partial charge < -0.3 is 15.4 Å². The number of piperidine rings is 1. The van der Waals surface area contributed by atoms with Crippen molar-refractivity contribution >= 4 is 11.8 Å². The highest BCUT2D eigenvalue weighted by molar-refractivity contribution is 5.78. The average Bonchev–Trinajstić information content (AvgIpc) is 2.53. The van der Waals surface area contributed by atoms with Crippen LogP contribution in [0.15, 0.2) is 24.3 Å². The van der Waals surface area contributed by atoms with E-state index in [1.807, 2.05) is 4.90 Å². The smallest absolute Gasteiger partial charge is 0.387 e. The van der Waals surface area contributed by atoms with Crippen molar-refractivity contribution in [2.45, 2.75) is 39.0 Å². The number of carbonyl (C=O) groups excluding carboxylic acids is 2. The van der Waals surface area contributed by atoms with E-state index in [9.17, 15) is 18.4 Å². The van der Waals surface area contributed by atoms with Crippen molar-refractivity contribution in [2.75, 3.05) is 19.6 Å². The van der Waals surface area contributed by atoms with Gasteiger partial charge in [0.25, 0.3) is 0 Å². The summed E-state index contributed by atoms with van der Waals surface area (Å²) in [5.74, 6) is -0.0886. The van der Waals surface area contributed by atoms with Crippen LogP contribution in [0.3, 0.4) is 0 Å². The zero-order valence-corrected chi connectivity index (χ0v) is 14.1. The highest BCUT2D eigenvalue weighted by atomic mass is 19.3. The Balaban J connectivity index is 1.73. The summed E-state index contributed by atoms with van der Waals surface area (Å²) in [6, 6.07) is 6.23. The van der Waals surface area contributed by atoms with Crippen LogP contribution in [-0.4, -0.2) is 49.0 Å². The maximum absolute atomic E-state index is 12.1. The Morgan fingerprint density at radius 1 is 1.32 bits per heavy atom. The molecule has 0 saturated carbocycles. The highest BCUT2D eigenvalue weighted by Gasteiger charge is 2.21. The molecule has 0 aliphatic carbocycles. The van der Waals surface area contributed by atoms with Crippen molar-refractivity contribution in [3.63, 3.8) is 0 Å². The zero-order valence-electron chi connectivity index (χ0n) is 14.1. The summed E-state index contributed by atoms with van der Waals surface area (Å²) in [4.78, 5) is 25.2. The molecule has 2 N–H and O–H groups in total. The van der Waals surface area contributed by atoms with Crippen LogP contribution in [0.5, 0.6) is 5.75 Å². The van der Waals surface area contributed by atoms with Crippen molar-refractivity contribution in [3.05, 3.63) is 29.8 Å². The molecule has 1 aromatic carbocycles. The Kier molecular flexibility index (Phi) is 7.12. The minimum atomic E-state index is -2.85. The summed E-state index contributed by atoms with van der Waals surface area (Å²) in [7, 11) is 0. The van der Waals surface area contributed by atoms with E-state index in [0.717, 1.165) is 24.9 Å². The lowest BCUT2D eigenvalue weighted by molar-refractivity contribution is -0.122. The molecule has 8 heteroatoms. The van der Waals surface area contributed by atoms with E-state index in [1.165, 1.54) is 19.1 Å². The normalized spacial score (nSPS) is 18.0. The topological polar surface area (TPSA) is 70.7 Å². The molecule has 1 aliphatic rings. The molecule has 2 rings (SSSR count). The standard InChI is InChI=1S/C17H23F2N3O3/c1-12(23)21-14-3-2-8-22(10-14)11-16(24)20-9-13-4-6-15(7-5-13)25-17(18)19/h4-7,14,17H,2-3,8-11H2,1H3,(H,20,24)(H,21,23). The number of alkyl halides is 2. The lowest BCUT2D eigenvalue weighted by atomic mass is 10.1. The average molecular weight is 355 g/mol. The Labute approximate surface area is 145 Å². The summed E-state index contributed by atoms with van der Waals surface area (Å²) in [5, 5.41) is 5.69. The first-order chi connectivity index (χ1) is 11.9. The van der Waals surface area contributed by atoms with E-state index in [1.54, 1.807) is 12.1 Å². The Morgan fingerprint density at radius 2 is 2.04 bits per heavy atom. The van der Waals surface area contributed by atoms with Crippen LogP contribution in [0.1, 0.15) is 25.3 Å². The lowest BCUT2D eigenvalue weighted by Gasteiger charge is -2.32. The molecule has 1 unspecified atom stereocenters. The molecule has 1 aromatic rings. The molecule has 0 bridgehead atoms. The molecule has 1 heterocycles. The first-order valence-corrected chi connectivity index (χ1v) is 8.22. The maximum atomic E-state index is 12.1. The molecule has 0 spiro atoms. The van der Waals surface area contributed by atoms with Gasteiger partial charge in [0.15, 0.2) is 0 Å². The summed E-state index contributed by atoms with van der Waals surface area (Å²) in [5.41, 5.74) is 0.796. The number of likely N-dealkylation sites (tertiary alicyclic amines) is 1. The largest absolute Gasteiger partial charge is 0.435 e. The van der Waals surface area contributed by atoms with Gasteiger partial charge in [-0.2, -0.15) is 8.78 Å². The van der Waals surface area contributed by atoms with Crippen LogP contribution in [0, 0.1) is 0 Å². The minimum absolute atomic E-state index is 0.0597. The fourth-order valence-electron chi connectivity index (χ4n) is 2.85. The van der Waals surface area contributed by atoms with Crippen LogP contribution in [0.25, 0.3) is 0 Å². The van der Waals surface area contributed by atoms with Gasteiger partial charge in [0.05, 0.1) is 6.54 Å². The number of nitrogens with one attached hydrogen (secondary N) is 2. The molecule has 1 aliphatic heterocycles. The van der Waals surface area contributed by atoms with Gasteiger partial charge in [-0.15, -0.1) is 0 Å². The number of rotatable bonds is 7. The first-order valence-electron chi connectivity index (χ1n) is 8.22. The van der Waals surface area contributed by atoms with Gasteiger partial charge in [0, 0.05) is 26.1 Å². The Bertz CT molecular complexity index is 581. The van der Waals surface area contributed by atoms with Crippen molar-refractivity contribution < 1.29 is 23.1 Å². The third kappa shape index (κ3) is 7.04. The molecule has 0 radical (unpaired) electrons. The van der Waals surface area contributed by atoms with Crippen molar-refractivity contribution in [1.29, 1.82) is 0 Å². The lowest BCUT2D eigenvalue weighted by Crippen LogP contribution is -2.49. The SMILES string of the molecule is CC(=O)NC1CCCN(CC(=O)NCc2ccc(OC(F)F)cc2)C1. The molecule has 2 amide bonds. The Morgan fingerprint density at radius 3 is 2.68 bits per heavy atom. The summed E-state index contributed by atoms with van der Waals surface area (Å²) in [6.45, 7) is 0.704. The highest BCUT2D eigenvalue weighted by Crippen LogP contribution is 2.15. The summed E-state index contributed by atoms with van der Waals surface area (Å²) < 4.78 is 28.5. The first kappa shape index (κ1) is 19.1. The molecule has 1 fully saturated rings. The van der Waals surface area contributed by atoms with E-state index >= 15 is 0 Å². The molecular formula is C17H23F2N3O3. The fourth-order valence-corrected chi connectivity index (χ4v) is 2.85. The second-order valence-corrected chi connectivity index (χ2v) is 6.07. The number of amides is 2. The van der Waals surface area contributed by atoms with Gasteiger partial charge in [0.1, 0.15) is 5.75 Å². The number of hydrogen-bond acceptors (Lipinski definition) is 4.